The number of unbranched alkanes of at least 4 members (excludes halogenated alkanes) is 40. The minimum absolute atomic E-state index is 0.128. The predicted octanol–water partition coefficient (Wildman–Crippen LogP) is 15.7. The van der Waals surface area contributed by atoms with Gasteiger partial charge in [-0.25, -0.2) is 0 Å². The summed E-state index contributed by atoms with van der Waals surface area (Å²) in [6.07, 6.45) is 52.2. The van der Waals surface area contributed by atoms with Crippen LogP contribution >= 0.6 is 0 Å². The van der Waals surface area contributed by atoms with Crippen LogP contribution < -0.4 is 5.32 Å². The third kappa shape index (κ3) is 41.2. The number of esters is 1. The monoisotopic (exact) mass is 1080 g/mol. The van der Waals surface area contributed by atoms with Crippen LogP contribution in [0.4, 0.5) is 0 Å². The Bertz CT molecular complexity index is 1330. The van der Waals surface area contributed by atoms with Crippen molar-refractivity contribution in [1.82, 2.24) is 5.32 Å². The molecule has 0 saturated carbocycles. The molecule has 0 aromatic rings. The van der Waals surface area contributed by atoms with Gasteiger partial charge in [0.2, 0.25) is 5.91 Å². The van der Waals surface area contributed by atoms with Gasteiger partial charge in [-0.1, -0.05) is 283 Å². The molecule has 8 unspecified atom stereocenters. The summed E-state index contributed by atoms with van der Waals surface area (Å²) in [7, 11) is 0. The van der Waals surface area contributed by atoms with Gasteiger partial charge in [0.05, 0.1) is 25.4 Å². The SMILES string of the molecule is CCCCCCCCC/C=C\CCCCC(O)C(=O)NC(COC1OC(CO)C(O)C(O)C1OC(=O)CCCCCCCCCCCCCCCCCCCCCCC)C(O)/C=C/CCCCCCCCCCCCC. The minimum atomic E-state index is -1.61. The number of aliphatic hydroxyl groups is 5. The molecule has 0 aromatic carbocycles. The van der Waals surface area contributed by atoms with Gasteiger partial charge in [-0.05, 0) is 51.4 Å². The van der Waals surface area contributed by atoms with Crippen LogP contribution in [0.25, 0.3) is 0 Å². The van der Waals surface area contributed by atoms with Crippen molar-refractivity contribution in [3.63, 3.8) is 0 Å². The van der Waals surface area contributed by atoms with E-state index < -0.39 is 67.4 Å². The lowest BCUT2D eigenvalue weighted by Crippen LogP contribution is -2.61. The number of hydrogen-bond donors (Lipinski definition) is 6. The molecule has 1 fully saturated rings. The average molecular weight is 1080 g/mol. The quantitative estimate of drug-likeness (QED) is 0.0195. The Labute approximate surface area is 467 Å². The number of aliphatic hydroxyl groups excluding tert-OH is 5. The summed E-state index contributed by atoms with van der Waals surface area (Å²) in [4.78, 5) is 26.5. The fourth-order valence-electron chi connectivity index (χ4n) is 10.4. The van der Waals surface area contributed by atoms with E-state index >= 15 is 0 Å². The van der Waals surface area contributed by atoms with Crippen LogP contribution in [-0.2, 0) is 23.8 Å². The average Bonchev–Trinajstić information content (AvgIpc) is 3.42. The molecule has 1 amide bonds. The second kappa shape index (κ2) is 53.8. The second-order valence-corrected chi connectivity index (χ2v) is 22.9. The summed E-state index contributed by atoms with van der Waals surface area (Å²) >= 11 is 0. The topological polar surface area (TPSA) is 175 Å². The number of hydrogen-bond acceptors (Lipinski definition) is 10. The van der Waals surface area contributed by atoms with E-state index in [0.29, 0.717) is 12.8 Å². The Kier molecular flexibility index (Phi) is 51.0. The number of rotatable bonds is 56. The van der Waals surface area contributed by atoms with Crippen molar-refractivity contribution < 1.29 is 49.3 Å². The highest BCUT2D eigenvalue weighted by Gasteiger charge is 2.47. The molecular weight excluding hydrogens is 955 g/mol. The maximum absolute atomic E-state index is 13.4. The van der Waals surface area contributed by atoms with Gasteiger partial charge in [0.25, 0.3) is 0 Å². The molecule has 1 rings (SSSR count). The third-order valence-electron chi connectivity index (χ3n) is 15.6. The fourth-order valence-corrected chi connectivity index (χ4v) is 10.4. The van der Waals surface area contributed by atoms with Gasteiger partial charge in [-0.2, -0.15) is 0 Å². The summed E-state index contributed by atoms with van der Waals surface area (Å²) in [5.74, 6) is -1.20. The molecule has 448 valence electrons. The van der Waals surface area contributed by atoms with E-state index in [-0.39, 0.29) is 19.4 Å². The largest absolute Gasteiger partial charge is 0.454 e. The van der Waals surface area contributed by atoms with Crippen LogP contribution in [0.5, 0.6) is 0 Å². The van der Waals surface area contributed by atoms with Crippen molar-refractivity contribution >= 4 is 11.9 Å². The molecule has 0 bridgehead atoms. The van der Waals surface area contributed by atoms with Gasteiger partial charge in [0, 0.05) is 6.42 Å². The zero-order valence-corrected chi connectivity index (χ0v) is 49.6. The summed E-state index contributed by atoms with van der Waals surface area (Å²) < 4.78 is 17.6. The first-order chi connectivity index (χ1) is 37.2. The minimum Gasteiger partial charge on any atom is -0.454 e. The highest BCUT2D eigenvalue weighted by atomic mass is 16.7. The molecule has 1 heterocycles. The zero-order chi connectivity index (χ0) is 55.4. The molecular formula is C65H123NO10. The molecule has 0 aromatic heterocycles. The Balaban J connectivity index is 2.63. The Hall–Kier alpha value is -1.86. The van der Waals surface area contributed by atoms with Crippen molar-refractivity contribution in [2.75, 3.05) is 13.2 Å². The lowest BCUT2D eigenvalue weighted by molar-refractivity contribution is -0.305. The Morgan fingerprint density at radius 3 is 1.28 bits per heavy atom. The van der Waals surface area contributed by atoms with Gasteiger partial charge < -0.3 is 45.1 Å². The Morgan fingerprint density at radius 2 is 0.868 bits per heavy atom. The summed E-state index contributed by atoms with van der Waals surface area (Å²) in [6, 6.07) is -1.03. The van der Waals surface area contributed by atoms with Crippen LogP contribution in [0.2, 0.25) is 0 Å². The van der Waals surface area contributed by atoms with Gasteiger partial charge in [-0.3, -0.25) is 9.59 Å². The lowest BCUT2D eigenvalue weighted by atomic mass is 9.99. The fraction of sp³-hybridized carbons (Fsp3) is 0.908. The number of allylic oxidation sites excluding steroid dienone is 3. The number of carbonyl (C=O) groups excluding carboxylic acids is 2. The van der Waals surface area contributed by atoms with Crippen molar-refractivity contribution in [1.29, 1.82) is 0 Å². The van der Waals surface area contributed by atoms with Gasteiger partial charge in [0.15, 0.2) is 12.4 Å². The van der Waals surface area contributed by atoms with Crippen LogP contribution in [0.1, 0.15) is 316 Å². The summed E-state index contributed by atoms with van der Waals surface area (Å²) in [5, 5.41) is 57.0. The first kappa shape index (κ1) is 72.2. The second-order valence-electron chi connectivity index (χ2n) is 22.9. The van der Waals surface area contributed by atoms with E-state index in [1.54, 1.807) is 6.08 Å². The first-order valence-corrected chi connectivity index (χ1v) is 32.6. The molecule has 1 aliphatic rings. The maximum atomic E-state index is 13.4. The molecule has 1 aliphatic heterocycles. The van der Waals surface area contributed by atoms with Crippen molar-refractivity contribution in [2.24, 2.45) is 0 Å². The third-order valence-corrected chi connectivity index (χ3v) is 15.6. The van der Waals surface area contributed by atoms with E-state index in [9.17, 15) is 35.1 Å². The van der Waals surface area contributed by atoms with E-state index in [1.165, 1.54) is 212 Å². The van der Waals surface area contributed by atoms with Gasteiger partial charge in [0.1, 0.15) is 24.4 Å². The van der Waals surface area contributed by atoms with Crippen molar-refractivity contribution in [3.8, 4) is 0 Å². The zero-order valence-electron chi connectivity index (χ0n) is 49.6. The van der Waals surface area contributed by atoms with Crippen LogP contribution in [0, 0.1) is 0 Å². The molecule has 0 aliphatic carbocycles. The molecule has 6 N–H and O–H groups in total. The Morgan fingerprint density at radius 1 is 0.500 bits per heavy atom. The van der Waals surface area contributed by atoms with E-state index in [1.807, 2.05) is 6.08 Å². The molecule has 0 radical (unpaired) electrons. The predicted molar refractivity (Wildman–Crippen MR) is 315 cm³/mol. The van der Waals surface area contributed by atoms with Gasteiger partial charge >= 0.3 is 5.97 Å². The molecule has 11 heteroatoms. The highest BCUT2D eigenvalue weighted by molar-refractivity contribution is 5.80. The molecule has 8 atom stereocenters. The number of amides is 1. The first-order valence-electron chi connectivity index (χ1n) is 32.6. The molecule has 76 heavy (non-hydrogen) atoms. The van der Waals surface area contributed by atoms with Crippen LogP contribution in [0.15, 0.2) is 24.3 Å². The molecule has 11 nitrogen and oxygen atoms in total. The molecule has 0 spiro atoms. The lowest BCUT2D eigenvalue weighted by Gasteiger charge is -2.41. The number of nitrogens with one attached hydrogen (secondary N) is 1. The standard InChI is InChI=1S/C65H123NO10/c1-4-7-10-13-16-19-22-25-26-27-28-29-30-31-32-35-38-41-44-47-50-53-60(70)76-63-62(72)61(71)59(54-67)75-65(63)74-55-56(57(68)51-48-45-42-39-36-33-23-20-17-14-11-8-5-2)66-64(73)58(69)52-49-46-43-40-37-34-24-21-18-15-12-9-6-3/h37,40,48,51,56-59,61-63,65,67-69,71-72H,4-36,38-39,41-47,49-50,52-55H2,1-3H3,(H,66,73)/b40-37-,51-48+. The van der Waals surface area contributed by atoms with E-state index in [4.69, 9.17) is 14.2 Å². The summed E-state index contributed by atoms with van der Waals surface area (Å²) in [6.45, 7) is 5.81. The van der Waals surface area contributed by atoms with E-state index in [0.717, 1.165) is 57.8 Å². The molecule has 1 saturated heterocycles. The number of carbonyl (C=O) groups is 2. The van der Waals surface area contributed by atoms with Crippen LogP contribution in [0.3, 0.4) is 0 Å². The highest BCUT2D eigenvalue weighted by Crippen LogP contribution is 2.26. The van der Waals surface area contributed by atoms with E-state index in [2.05, 4.69) is 38.2 Å². The van der Waals surface area contributed by atoms with Crippen molar-refractivity contribution in [3.05, 3.63) is 24.3 Å². The maximum Gasteiger partial charge on any atom is 0.306 e. The smallest absolute Gasteiger partial charge is 0.306 e. The summed E-state index contributed by atoms with van der Waals surface area (Å²) in [5.41, 5.74) is 0. The number of ether oxygens (including phenoxy) is 3. The van der Waals surface area contributed by atoms with Crippen LogP contribution in [-0.4, -0.2) is 99.6 Å². The van der Waals surface area contributed by atoms with Gasteiger partial charge in [-0.15, -0.1) is 0 Å². The normalized spacial score (nSPS) is 19.2. The van der Waals surface area contributed by atoms with Crippen molar-refractivity contribution in [2.45, 2.75) is 365 Å².